The molecule has 0 spiro atoms. The molecule has 0 atom stereocenters. The van der Waals surface area contributed by atoms with Crippen LogP contribution in [0.5, 0.6) is 0 Å². The van der Waals surface area contributed by atoms with Gasteiger partial charge in [0.15, 0.2) is 0 Å². The zero-order valence-corrected chi connectivity index (χ0v) is 9.34. The number of aromatic nitrogens is 2. The van der Waals surface area contributed by atoms with Crippen LogP contribution in [0.15, 0.2) is 18.2 Å². The molecule has 0 radical (unpaired) electrons. The van der Waals surface area contributed by atoms with Gasteiger partial charge in [-0.05, 0) is 18.2 Å². The molecule has 0 aliphatic heterocycles. The van der Waals surface area contributed by atoms with E-state index in [-0.39, 0.29) is 0 Å². The summed E-state index contributed by atoms with van der Waals surface area (Å²) in [7, 11) is 2.04. The van der Waals surface area contributed by atoms with E-state index in [2.05, 4.69) is 23.4 Å². The number of hydrogen-bond donors (Lipinski definition) is 0. The van der Waals surface area contributed by atoms with E-state index in [0.717, 1.165) is 21.9 Å². The molecule has 0 aliphatic rings. The van der Waals surface area contributed by atoms with Crippen molar-refractivity contribution in [1.82, 2.24) is 9.55 Å². The van der Waals surface area contributed by atoms with E-state index >= 15 is 0 Å². The molecule has 74 valence electrons. The van der Waals surface area contributed by atoms with Gasteiger partial charge in [-0.3, -0.25) is 0 Å². The second-order valence-electron chi connectivity index (χ2n) is 3.82. The van der Waals surface area contributed by atoms with Gasteiger partial charge in [0.2, 0.25) is 0 Å². The van der Waals surface area contributed by atoms with Crippen molar-refractivity contribution in [1.29, 1.82) is 0 Å². The molecule has 2 aromatic rings. The maximum atomic E-state index is 5.91. The highest BCUT2D eigenvalue weighted by molar-refractivity contribution is 6.31. The van der Waals surface area contributed by atoms with Crippen molar-refractivity contribution in [2.75, 3.05) is 0 Å². The van der Waals surface area contributed by atoms with Crippen molar-refractivity contribution >= 4 is 22.6 Å². The molecule has 0 saturated carbocycles. The van der Waals surface area contributed by atoms with Crippen molar-refractivity contribution in [2.24, 2.45) is 7.05 Å². The molecular weight excluding hydrogens is 196 g/mol. The molecule has 0 fully saturated rings. The summed E-state index contributed by atoms with van der Waals surface area (Å²) in [4.78, 5) is 4.55. The first-order valence-electron chi connectivity index (χ1n) is 4.71. The Morgan fingerprint density at radius 1 is 1.36 bits per heavy atom. The van der Waals surface area contributed by atoms with Gasteiger partial charge in [-0.1, -0.05) is 25.4 Å². The second kappa shape index (κ2) is 3.28. The summed E-state index contributed by atoms with van der Waals surface area (Å²) < 4.78 is 2.12. The molecular formula is C11H13ClN2. The fraction of sp³-hybridized carbons (Fsp3) is 0.364. The first kappa shape index (κ1) is 9.53. The third kappa shape index (κ3) is 1.40. The molecule has 1 aromatic carbocycles. The van der Waals surface area contributed by atoms with Gasteiger partial charge in [-0.2, -0.15) is 0 Å². The summed E-state index contributed by atoms with van der Waals surface area (Å²) in [5, 5.41) is 0.742. The molecule has 0 unspecified atom stereocenters. The van der Waals surface area contributed by atoms with Gasteiger partial charge < -0.3 is 4.57 Å². The Labute approximate surface area is 88.5 Å². The lowest BCUT2D eigenvalue weighted by Crippen LogP contribution is -1.99. The Hall–Kier alpha value is -1.02. The predicted molar refractivity (Wildman–Crippen MR) is 59.8 cm³/mol. The lowest BCUT2D eigenvalue weighted by molar-refractivity contribution is 0.722. The summed E-state index contributed by atoms with van der Waals surface area (Å²) >= 11 is 5.91. The summed E-state index contributed by atoms with van der Waals surface area (Å²) in [5.74, 6) is 1.54. The molecule has 0 bridgehead atoms. The van der Waals surface area contributed by atoms with Crippen LogP contribution in [-0.2, 0) is 7.05 Å². The maximum absolute atomic E-state index is 5.91. The summed E-state index contributed by atoms with van der Waals surface area (Å²) in [6.45, 7) is 4.28. The van der Waals surface area contributed by atoms with Crippen LogP contribution in [-0.4, -0.2) is 9.55 Å². The van der Waals surface area contributed by atoms with Crippen LogP contribution in [0.2, 0.25) is 5.02 Å². The highest BCUT2D eigenvalue weighted by atomic mass is 35.5. The number of fused-ring (bicyclic) bond motifs is 1. The molecule has 0 N–H and O–H groups in total. The molecule has 1 aromatic heterocycles. The molecule has 0 saturated heterocycles. The molecule has 3 heteroatoms. The van der Waals surface area contributed by atoms with Crippen LogP contribution in [0.4, 0.5) is 0 Å². The lowest BCUT2D eigenvalue weighted by Gasteiger charge is -2.04. The molecule has 1 heterocycles. The van der Waals surface area contributed by atoms with Crippen molar-refractivity contribution in [3.8, 4) is 0 Å². The first-order valence-corrected chi connectivity index (χ1v) is 5.09. The van der Waals surface area contributed by atoms with Gasteiger partial charge in [0.1, 0.15) is 5.82 Å². The van der Waals surface area contributed by atoms with Gasteiger partial charge in [-0.15, -0.1) is 0 Å². The van der Waals surface area contributed by atoms with Gasteiger partial charge in [0.25, 0.3) is 0 Å². The minimum absolute atomic E-state index is 0.436. The molecule has 14 heavy (non-hydrogen) atoms. The number of hydrogen-bond acceptors (Lipinski definition) is 1. The Balaban J connectivity index is 2.73. The van der Waals surface area contributed by atoms with Crippen molar-refractivity contribution < 1.29 is 0 Å². The van der Waals surface area contributed by atoms with Crippen LogP contribution in [0.1, 0.15) is 25.6 Å². The quantitative estimate of drug-likeness (QED) is 0.703. The van der Waals surface area contributed by atoms with Gasteiger partial charge in [0.05, 0.1) is 11.0 Å². The number of rotatable bonds is 1. The standard InChI is InChI=1S/C11H13ClN2/c1-7(2)11-13-9-6-8(12)4-5-10(9)14(11)3/h4-7H,1-3H3. The highest BCUT2D eigenvalue weighted by Crippen LogP contribution is 2.22. The Morgan fingerprint density at radius 2 is 2.07 bits per heavy atom. The first-order chi connectivity index (χ1) is 6.59. The molecule has 0 amide bonds. The van der Waals surface area contributed by atoms with E-state index in [4.69, 9.17) is 11.6 Å². The number of halogens is 1. The van der Waals surface area contributed by atoms with Gasteiger partial charge >= 0.3 is 0 Å². The number of benzene rings is 1. The summed E-state index contributed by atoms with van der Waals surface area (Å²) in [6, 6.07) is 5.81. The third-order valence-corrected chi connectivity index (χ3v) is 2.63. The topological polar surface area (TPSA) is 17.8 Å². The van der Waals surface area contributed by atoms with Crippen molar-refractivity contribution in [3.63, 3.8) is 0 Å². The Kier molecular flexibility index (Phi) is 2.23. The minimum atomic E-state index is 0.436. The average Bonchev–Trinajstić information content (AvgIpc) is 2.43. The van der Waals surface area contributed by atoms with E-state index in [1.807, 2.05) is 25.2 Å². The van der Waals surface area contributed by atoms with E-state index < -0.39 is 0 Å². The predicted octanol–water partition coefficient (Wildman–Crippen LogP) is 3.35. The Morgan fingerprint density at radius 3 is 2.71 bits per heavy atom. The lowest BCUT2D eigenvalue weighted by atomic mass is 10.2. The molecule has 0 aliphatic carbocycles. The fourth-order valence-corrected chi connectivity index (χ4v) is 1.87. The van der Waals surface area contributed by atoms with E-state index in [1.54, 1.807) is 0 Å². The van der Waals surface area contributed by atoms with E-state index in [9.17, 15) is 0 Å². The SMILES string of the molecule is CC(C)c1nc2cc(Cl)ccc2n1C. The zero-order valence-electron chi connectivity index (χ0n) is 8.58. The van der Waals surface area contributed by atoms with Crippen molar-refractivity contribution in [2.45, 2.75) is 19.8 Å². The van der Waals surface area contributed by atoms with Crippen LogP contribution in [0, 0.1) is 0 Å². The smallest absolute Gasteiger partial charge is 0.112 e. The van der Waals surface area contributed by atoms with Crippen LogP contribution in [0.25, 0.3) is 11.0 Å². The monoisotopic (exact) mass is 208 g/mol. The number of nitrogens with zero attached hydrogens (tertiary/aromatic N) is 2. The van der Waals surface area contributed by atoms with Crippen LogP contribution >= 0.6 is 11.6 Å². The summed E-state index contributed by atoms with van der Waals surface area (Å²) in [5.41, 5.74) is 2.11. The summed E-state index contributed by atoms with van der Waals surface area (Å²) in [6.07, 6.45) is 0. The van der Waals surface area contributed by atoms with Gasteiger partial charge in [0, 0.05) is 18.0 Å². The number of aryl methyl sites for hydroxylation is 1. The van der Waals surface area contributed by atoms with Crippen LogP contribution in [0.3, 0.4) is 0 Å². The average molecular weight is 209 g/mol. The van der Waals surface area contributed by atoms with Crippen LogP contribution < -0.4 is 0 Å². The minimum Gasteiger partial charge on any atom is -0.331 e. The molecule has 2 nitrogen and oxygen atoms in total. The van der Waals surface area contributed by atoms with E-state index in [1.165, 1.54) is 0 Å². The second-order valence-corrected chi connectivity index (χ2v) is 4.25. The largest absolute Gasteiger partial charge is 0.331 e. The van der Waals surface area contributed by atoms with Crippen molar-refractivity contribution in [3.05, 3.63) is 29.0 Å². The van der Waals surface area contributed by atoms with Gasteiger partial charge in [-0.25, -0.2) is 4.98 Å². The number of imidazole rings is 1. The Bertz CT molecular complexity index is 471. The molecule has 2 rings (SSSR count). The fourth-order valence-electron chi connectivity index (χ4n) is 1.71. The van der Waals surface area contributed by atoms with E-state index in [0.29, 0.717) is 5.92 Å². The third-order valence-electron chi connectivity index (χ3n) is 2.39. The zero-order chi connectivity index (χ0) is 10.3. The highest BCUT2D eigenvalue weighted by Gasteiger charge is 2.10. The normalized spacial score (nSPS) is 11.5. The maximum Gasteiger partial charge on any atom is 0.112 e.